The van der Waals surface area contributed by atoms with Gasteiger partial charge in [0.15, 0.2) is 0 Å². The first-order valence-corrected chi connectivity index (χ1v) is 8.38. The summed E-state index contributed by atoms with van der Waals surface area (Å²) in [4.78, 5) is 0. The van der Waals surface area contributed by atoms with E-state index in [0.29, 0.717) is 11.2 Å². The quantitative estimate of drug-likeness (QED) is 0.395. The summed E-state index contributed by atoms with van der Waals surface area (Å²) in [5, 5.41) is 9.10. The summed E-state index contributed by atoms with van der Waals surface area (Å²) in [6, 6.07) is 5.52. The van der Waals surface area contributed by atoms with E-state index in [4.69, 9.17) is 5.11 Å². The van der Waals surface area contributed by atoms with Crippen molar-refractivity contribution in [1.29, 1.82) is 0 Å². The van der Waals surface area contributed by atoms with Crippen LogP contribution in [0.4, 0.5) is 0 Å². The van der Waals surface area contributed by atoms with Crippen LogP contribution in [-0.2, 0) is 20.0 Å². The summed E-state index contributed by atoms with van der Waals surface area (Å²) < 4.78 is 1.42. The molecule has 0 amide bonds. The van der Waals surface area contributed by atoms with Gasteiger partial charge in [0.25, 0.3) is 0 Å². The smallest absolute Gasteiger partial charge is 0.118 e. The van der Waals surface area contributed by atoms with Gasteiger partial charge < -0.3 is 5.11 Å². The molecular formula is C20H31Cl2OTi. The van der Waals surface area contributed by atoms with Gasteiger partial charge in [-0.15, -0.1) is 31.2 Å². The number of hydrogen-bond donors (Lipinski definition) is 1. The van der Waals surface area contributed by atoms with E-state index in [0.717, 1.165) is 17.5 Å². The summed E-state index contributed by atoms with van der Waals surface area (Å²) in [7, 11) is 0. The molecule has 1 aromatic carbocycles. The first-order chi connectivity index (χ1) is 10.1. The maximum atomic E-state index is 9.10. The molecule has 1 aliphatic carbocycles. The van der Waals surface area contributed by atoms with Gasteiger partial charge in [0.05, 0.1) is 0 Å². The van der Waals surface area contributed by atoms with Crippen LogP contribution in [0.25, 0.3) is 0 Å². The van der Waals surface area contributed by atoms with Gasteiger partial charge in [-0.05, 0) is 36.5 Å². The Balaban J connectivity index is -0.000000283. The van der Waals surface area contributed by atoms with Gasteiger partial charge in [-0.25, -0.2) is 11.6 Å². The SMILES string of the molecule is CC(C)(C)C1=[C-]CC=C1.C[C](C)=[Ti+].Cc1cccc(O)c1C.Cl.Cl. The van der Waals surface area contributed by atoms with Crippen molar-refractivity contribution in [2.75, 3.05) is 0 Å². The van der Waals surface area contributed by atoms with Crippen molar-refractivity contribution in [3.05, 3.63) is 53.1 Å². The average molecular weight is 406 g/mol. The zero-order valence-electron chi connectivity index (χ0n) is 15.9. The molecule has 0 atom stereocenters. The third kappa shape index (κ3) is 13.0. The third-order valence-electron chi connectivity index (χ3n) is 3.08. The van der Waals surface area contributed by atoms with E-state index in [1.165, 1.54) is 9.38 Å². The molecule has 1 N–H and O–H groups in total. The zero-order chi connectivity index (χ0) is 17.3. The van der Waals surface area contributed by atoms with Crippen molar-refractivity contribution in [3.63, 3.8) is 0 Å². The third-order valence-corrected chi connectivity index (χ3v) is 3.08. The Bertz CT molecular complexity index is 531. The molecule has 0 aliphatic heterocycles. The van der Waals surface area contributed by atoms with Crippen molar-refractivity contribution in [2.24, 2.45) is 5.41 Å². The second-order valence-corrected chi connectivity index (χ2v) is 8.23. The van der Waals surface area contributed by atoms with E-state index in [1.807, 2.05) is 26.0 Å². The van der Waals surface area contributed by atoms with Crippen LogP contribution in [0.3, 0.4) is 0 Å². The maximum Gasteiger partial charge on any atom is 0.118 e. The second-order valence-electron chi connectivity index (χ2n) is 6.67. The van der Waals surface area contributed by atoms with Crippen LogP contribution < -0.4 is 0 Å². The minimum atomic E-state index is 0. The largest absolute Gasteiger partial charge is 0.508 e. The van der Waals surface area contributed by atoms with Crippen molar-refractivity contribution in [3.8, 4) is 5.75 Å². The van der Waals surface area contributed by atoms with Gasteiger partial charge in [-0.3, -0.25) is 6.08 Å². The molecule has 135 valence electrons. The van der Waals surface area contributed by atoms with E-state index in [1.54, 1.807) is 6.07 Å². The van der Waals surface area contributed by atoms with Gasteiger partial charge in [0.1, 0.15) is 5.75 Å². The number of phenols is 1. The molecule has 0 fully saturated rings. The Kier molecular flexibility index (Phi) is 16.5. The number of benzene rings is 1. The fraction of sp³-hybridized carbons (Fsp3) is 0.450. The molecule has 1 nitrogen and oxygen atoms in total. The number of aromatic hydroxyl groups is 1. The fourth-order valence-electron chi connectivity index (χ4n) is 1.66. The second kappa shape index (κ2) is 13.9. The molecule has 1 aromatic rings. The summed E-state index contributed by atoms with van der Waals surface area (Å²) in [5.41, 5.74) is 3.75. The van der Waals surface area contributed by atoms with E-state index in [9.17, 15) is 0 Å². The molecule has 0 saturated heterocycles. The van der Waals surface area contributed by atoms with Crippen molar-refractivity contribution < 1.29 is 25.1 Å². The number of phenolic OH excluding ortho intramolecular Hbond substituents is 1. The summed E-state index contributed by atoms with van der Waals surface area (Å²) >= 11 is 2.08. The van der Waals surface area contributed by atoms with Gasteiger partial charge in [-0.2, -0.15) is 6.08 Å². The normalized spacial score (nSPS) is 11.6. The minimum absolute atomic E-state index is 0. The Morgan fingerprint density at radius 1 is 1.12 bits per heavy atom. The van der Waals surface area contributed by atoms with Crippen LogP contribution in [0.2, 0.25) is 0 Å². The summed E-state index contributed by atoms with van der Waals surface area (Å²) in [6.07, 6.45) is 8.63. The van der Waals surface area contributed by atoms with E-state index in [-0.39, 0.29) is 24.8 Å². The number of hydrogen-bond acceptors (Lipinski definition) is 1. The molecule has 1 aliphatic rings. The van der Waals surface area contributed by atoms with Crippen LogP contribution in [0, 0.1) is 25.3 Å². The van der Waals surface area contributed by atoms with Gasteiger partial charge in [0.2, 0.25) is 0 Å². The fourth-order valence-corrected chi connectivity index (χ4v) is 1.66. The molecule has 0 bridgehead atoms. The molecule has 0 unspecified atom stereocenters. The number of aryl methyl sites for hydroxylation is 1. The molecule has 0 spiro atoms. The summed E-state index contributed by atoms with van der Waals surface area (Å²) in [6.45, 7) is 14.7. The van der Waals surface area contributed by atoms with Gasteiger partial charge >= 0.3 is 37.6 Å². The molecule has 2 rings (SSSR count). The van der Waals surface area contributed by atoms with E-state index < -0.39 is 0 Å². The number of halogens is 2. The average Bonchev–Trinajstić information content (AvgIpc) is 2.89. The van der Waals surface area contributed by atoms with Crippen LogP contribution in [0.15, 0.2) is 35.9 Å². The monoisotopic (exact) mass is 405 g/mol. The Hall–Kier alpha value is -0.336. The predicted molar refractivity (Wildman–Crippen MR) is 108 cm³/mol. The minimum Gasteiger partial charge on any atom is -0.508 e. The van der Waals surface area contributed by atoms with Crippen molar-refractivity contribution in [1.82, 2.24) is 0 Å². The van der Waals surface area contributed by atoms with Crippen LogP contribution in [0.1, 0.15) is 52.2 Å². The van der Waals surface area contributed by atoms with E-state index in [2.05, 4.69) is 72.8 Å². The van der Waals surface area contributed by atoms with Gasteiger partial charge in [0, 0.05) is 0 Å². The van der Waals surface area contributed by atoms with Crippen molar-refractivity contribution >= 4 is 28.6 Å². The Morgan fingerprint density at radius 2 is 1.62 bits per heavy atom. The first-order valence-electron chi connectivity index (χ1n) is 7.60. The molecule has 0 radical (unpaired) electrons. The van der Waals surface area contributed by atoms with Crippen molar-refractivity contribution in [2.45, 2.75) is 54.9 Å². The standard InChI is InChI=1S/C9H13.C8H10O.C3H6.2ClH.Ti/c1-9(2,3)8-6-4-5-7-8;1-6-4-3-5-8(9)7(6)2;1-3-2;;;/h4,6H,5H2,1-3H3;3-5,9H,1-2H3;1-2H3;2*1H;/q-1;;;;;+1. The molecule has 0 saturated carbocycles. The van der Waals surface area contributed by atoms with Crippen LogP contribution in [0.5, 0.6) is 5.75 Å². The van der Waals surface area contributed by atoms with Crippen LogP contribution in [-0.4, -0.2) is 8.92 Å². The number of allylic oxidation sites excluding steroid dienone is 4. The molecule has 4 heteroatoms. The van der Waals surface area contributed by atoms with E-state index >= 15 is 0 Å². The molecular weight excluding hydrogens is 375 g/mol. The summed E-state index contributed by atoms with van der Waals surface area (Å²) in [5.74, 6) is 0.384. The zero-order valence-corrected chi connectivity index (χ0v) is 19.1. The maximum absolute atomic E-state index is 9.10. The topological polar surface area (TPSA) is 20.2 Å². The number of rotatable bonds is 0. The first kappa shape index (κ1) is 28.5. The Morgan fingerprint density at radius 3 is 1.88 bits per heavy atom. The Labute approximate surface area is 172 Å². The predicted octanol–water partition coefficient (Wildman–Crippen LogP) is 6.32. The molecule has 24 heavy (non-hydrogen) atoms. The van der Waals surface area contributed by atoms with Crippen LogP contribution >= 0.6 is 24.8 Å². The molecule has 0 heterocycles. The molecule has 0 aromatic heterocycles. The van der Waals surface area contributed by atoms with Gasteiger partial charge in [-0.1, -0.05) is 32.9 Å².